The maximum atomic E-state index is 14.7. The van der Waals surface area contributed by atoms with Gasteiger partial charge in [-0.25, -0.2) is 12.8 Å². The number of aryl methyl sites for hydroxylation is 1. The van der Waals surface area contributed by atoms with E-state index in [1.165, 1.54) is 56.7 Å². The molecule has 0 radical (unpaired) electrons. The summed E-state index contributed by atoms with van der Waals surface area (Å²) in [7, 11) is -1.28. The molecule has 3 rings (SSSR count). The van der Waals surface area contributed by atoms with E-state index in [-0.39, 0.29) is 27.5 Å². The van der Waals surface area contributed by atoms with Crippen molar-refractivity contribution >= 4 is 10.0 Å². The molecule has 0 unspecified atom stereocenters. The van der Waals surface area contributed by atoms with E-state index in [9.17, 15) is 17.9 Å². The fraction of sp³-hybridized carbons (Fsp3) is 0.182. The average molecular weight is 431 g/mol. The topological polar surface area (TPSA) is 84.9 Å². The van der Waals surface area contributed by atoms with Gasteiger partial charge in [-0.2, -0.15) is 4.72 Å². The van der Waals surface area contributed by atoms with Crippen LogP contribution in [0.25, 0.3) is 0 Å². The molecule has 0 aliphatic carbocycles. The van der Waals surface area contributed by atoms with Crippen molar-refractivity contribution in [2.45, 2.75) is 17.9 Å². The number of methoxy groups -OCH3 is 2. The molecule has 0 spiro atoms. The minimum Gasteiger partial charge on any atom is -0.507 e. The van der Waals surface area contributed by atoms with Crippen LogP contribution in [0.2, 0.25) is 0 Å². The van der Waals surface area contributed by atoms with E-state index >= 15 is 0 Å². The SMILES string of the molecule is COc1cc(O)c([C@H](NS(=O)(=O)c2ccc(C)cc2)c2ccccc2F)c(OC)c1. The first-order chi connectivity index (χ1) is 14.3. The Morgan fingerprint density at radius 1 is 1.00 bits per heavy atom. The van der Waals surface area contributed by atoms with Crippen molar-refractivity contribution in [1.82, 2.24) is 4.72 Å². The molecule has 0 aliphatic rings. The van der Waals surface area contributed by atoms with Crippen LogP contribution >= 0.6 is 0 Å². The third kappa shape index (κ3) is 4.39. The second-order valence-electron chi connectivity index (χ2n) is 6.65. The summed E-state index contributed by atoms with van der Waals surface area (Å²) in [6, 6.07) is 13.5. The number of phenolic OH excluding ortho intramolecular Hbond substituents is 1. The second-order valence-corrected chi connectivity index (χ2v) is 8.37. The molecule has 0 aromatic heterocycles. The number of sulfonamides is 1. The first-order valence-corrected chi connectivity index (χ1v) is 10.5. The van der Waals surface area contributed by atoms with Crippen molar-refractivity contribution in [1.29, 1.82) is 0 Å². The third-order valence-electron chi connectivity index (χ3n) is 4.66. The van der Waals surface area contributed by atoms with Gasteiger partial charge in [0.1, 0.15) is 23.1 Å². The maximum absolute atomic E-state index is 14.7. The molecule has 3 aromatic rings. The Bertz CT molecular complexity index is 1150. The second kappa shape index (κ2) is 8.73. The van der Waals surface area contributed by atoms with Gasteiger partial charge in [-0.3, -0.25) is 0 Å². The Labute approximate surface area is 175 Å². The standard InChI is InChI=1S/C22H22FNO5S/c1-14-8-10-16(11-9-14)30(26,27)24-22(17-6-4-5-7-18(17)23)21-19(25)12-15(28-2)13-20(21)29-3/h4-13,22,24-25H,1-3H3/t22-/m1/s1. The van der Waals surface area contributed by atoms with Crippen LogP contribution in [0.1, 0.15) is 22.7 Å². The smallest absolute Gasteiger partial charge is 0.241 e. The lowest BCUT2D eigenvalue weighted by atomic mass is 9.97. The molecule has 2 N–H and O–H groups in total. The summed E-state index contributed by atoms with van der Waals surface area (Å²) in [5.41, 5.74) is 1.00. The van der Waals surface area contributed by atoms with Gasteiger partial charge in [0.15, 0.2) is 0 Å². The van der Waals surface area contributed by atoms with Crippen molar-refractivity contribution in [3.8, 4) is 17.2 Å². The van der Waals surface area contributed by atoms with Crippen molar-refractivity contribution in [2.24, 2.45) is 0 Å². The van der Waals surface area contributed by atoms with Gasteiger partial charge in [0, 0.05) is 17.7 Å². The number of ether oxygens (including phenoxy) is 2. The molecule has 0 amide bonds. The highest BCUT2D eigenvalue weighted by atomic mass is 32.2. The van der Waals surface area contributed by atoms with Crippen LogP contribution in [0.3, 0.4) is 0 Å². The van der Waals surface area contributed by atoms with Crippen LogP contribution in [-0.4, -0.2) is 27.7 Å². The molecule has 30 heavy (non-hydrogen) atoms. The van der Waals surface area contributed by atoms with Crippen molar-refractivity contribution in [2.75, 3.05) is 14.2 Å². The Hall–Kier alpha value is -3.10. The van der Waals surface area contributed by atoms with E-state index in [0.29, 0.717) is 5.75 Å². The molecule has 1 atom stereocenters. The van der Waals surface area contributed by atoms with E-state index in [1.807, 2.05) is 6.92 Å². The number of hydrogen-bond donors (Lipinski definition) is 2. The van der Waals surface area contributed by atoms with Crippen molar-refractivity contribution in [3.05, 3.63) is 83.2 Å². The molecule has 0 aliphatic heterocycles. The van der Waals surface area contributed by atoms with E-state index in [1.54, 1.807) is 18.2 Å². The van der Waals surface area contributed by atoms with Crippen LogP contribution in [0.4, 0.5) is 4.39 Å². The lowest BCUT2D eigenvalue weighted by Gasteiger charge is -2.23. The molecular formula is C22H22FNO5S. The highest BCUT2D eigenvalue weighted by Crippen LogP contribution is 2.41. The molecule has 0 bridgehead atoms. The quantitative estimate of drug-likeness (QED) is 0.592. The minimum atomic E-state index is -4.06. The zero-order valence-electron chi connectivity index (χ0n) is 16.7. The largest absolute Gasteiger partial charge is 0.507 e. The molecule has 0 saturated carbocycles. The van der Waals surface area contributed by atoms with Gasteiger partial charge in [-0.15, -0.1) is 0 Å². The predicted octanol–water partition coefficient (Wildman–Crippen LogP) is 3.92. The van der Waals surface area contributed by atoms with Crippen molar-refractivity contribution in [3.63, 3.8) is 0 Å². The Kier molecular flexibility index (Phi) is 6.28. The molecule has 158 valence electrons. The fourth-order valence-corrected chi connectivity index (χ4v) is 4.28. The van der Waals surface area contributed by atoms with Crippen molar-refractivity contribution < 1.29 is 27.4 Å². The Balaban J connectivity index is 2.19. The van der Waals surface area contributed by atoms with Crippen LogP contribution in [0, 0.1) is 12.7 Å². The van der Waals surface area contributed by atoms with E-state index in [4.69, 9.17) is 9.47 Å². The summed E-state index contributed by atoms with van der Waals surface area (Å²) in [5.74, 6) is -0.481. The fourth-order valence-electron chi connectivity index (χ4n) is 3.09. The number of nitrogens with one attached hydrogen (secondary N) is 1. The Morgan fingerprint density at radius 2 is 1.67 bits per heavy atom. The van der Waals surface area contributed by atoms with Gasteiger partial charge in [0.05, 0.1) is 30.7 Å². The number of aromatic hydroxyl groups is 1. The number of rotatable bonds is 7. The summed E-state index contributed by atoms with van der Waals surface area (Å²) < 4.78 is 53.8. The highest BCUT2D eigenvalue weighted by Gasteiger charge is 2.30. The summed E-state index contributed by atoms with van der Waals surface area (Å²) in [4.78, 5) is 0.0152. The molecule has 0 fully saturated rings. The van der Waals surface area contributed by atoms with Gasteiger partial charge in [0.2, 0.25) is 10.0 Å². The van der Waals surface area contributed by atoms with E-state index in [0.717, 1.165) is 5.56 Å². The van der Waals surface area contributed by atoms with E-state index < -0.39 is 21.9 Å². The first kappa shape index (κ1) is 21.6. The summed E-state index contributed by atoms with van der Waals surface area (Å²) in [6.45, 7) is 1.84. The molecule has 8 heteroatoms. The molecule has 0 heterocycles. The van der Waals surface area contributed by atoms with Gasteiger partial charge in [0.25, 0.3) is 0 Å². The molecule has 0 saturated heterocycles. The average Bonchev–Trinajstić information content (AvgIpc) is 2.72. The van der Waals surface area contributed by atoms with Gasteiger partial charge in [-0.1, -0.05) is 35.9 Å². The highest BCUT2D eigenvalue weighted by molar-refractivity contribution is 7.89. The molecule has 6 nitrogen and oxygen atoms in total. The van der Waals surface area contributed by atoms with Crippen LogP contribution in [0.5, 0.6) is 17.2 Å². The first-order valence-electron chi connectivity index (χ1n) is 9.05. The number of benzene rings is 3. The van der Waals surface area contributed by atoms with Crippen LogP contribution < -0.4 is 14.2 Å². The zero-order valence-corrected chi connectivity index (χ0v) is 17.5. The summed E-state index contributed by atoms with van der Waals surface area (Å²) in [6.07, 6.45) is 0. The number of phenols is 1. The predicted molar refractivity (Wildman–Crippen MR) is 111 cm³/mol. The molecule has 3 aromatic carbocycles. The normalized spacial score (nSPS) is 12.4. The Morgan fingerprint density at radius 3 is 2.27 bits per heavy atom. The number of hydrogen-bond acceptors (Lipinski definition) is 5. The van der Waals surface area contributed by atoms with Gasteiger partial charge >= 0.3 is 0 Å². The number of halogens is 1. The molecular weight excluding hydrogens is 409 g/mol. The van der Waals surface area contributed by atoms with Gasteiger partial charge in [-0.05, 0) is 25.1 Å². The van der Waals surface area contributed by atoms with E-state index in [2.05, 4.69) is 4.72 Å². The maximum Gasteiger partial charge on any atom is 0.241 e. The van der Waals surface area contributed by atoms with Crippen LogP contribution in [-0.2, 0) is 10.0 Å². The third-order valence-corrected chi connectivity index (χ3v) is 6.10. The monoisotopic (exact) mass is 431 g/mol. The lowest BCUT2D eigenvalue weighted by Crippen LogP contribution is -2.30. The summed E-state index contributed by atoms with van der Waals surface area (Å²) >= 11 is 0. The van der Waals surface area contributed by atoms with Crippen LogP contribution in [0.15, 0.2) is 65.6 Å². The lowest BCUT2D eigenvalue weighted by molar-refractivity contribution is 0.375. The van der Waals surface area contributed by atoms with Gasteiger partial charge < -0.3 is 14.6 Å². The summed E-state index contributed by atoms with van der Waals surface area (Å²) in [5, 5.41) is 10.6. The minimum absolute atomic E-state index is 0.0152. The zero-order chi connectivity index (χ0) is 21.9.